The minimum absolute atomic E-state index is 0.267. The zero-order valence-electron chi connectivity index (χ0n) is 13.1. The van der Waals surface area contributed by atoms with Gasteiger partial charge in [0, 0.05) is 0 Å². The minimum atomic E-state index is -0.844. The minimum Gasteiger partial charge on any atom is -0.481 e. The standard InChI is InChI=1S/C17H18N2O5/c18-12-17(7-3-4-8-17)19-15(21)10-24-16(22)11-23-14-6-2-1-5-13(14)9-20/h1-2,5-6,9H,3-4,7-8,10-11H2,(H,19,21). The van der Waals surface area contributed by atoms with Crippen molar-refractivity contribution in [2.75, 3.05) is 13.2 Å². The number of rotatable bonds is 7. The Morgan fingerprint density at radius 2 is 1.96 bits per heavy atom. The second-order valence-electron chi connectivity index (χ2n) is 5.55. The molecule has 1 saturated carbocycles. The van der Waals surface area contributed by atoms with E-state index >= 15 is 0 Å². The molecule has 1 aromatic rings. The van der Waals surface area contributed by atoms with E-state index in [1.165, 1.54) is 0 Å². The highest BCUT2D eigenvalue weighted by molar-refractivity contribution is 5.82. The summed E-state index contributed by atoms with van der Waals surface area (Å²) in [6, 6.07) is 8.59. The maximum Gasteiger partial charge on any atom is 0.344 e. The maximum atomic E-state index is 11.8. The summed E-state index contributed by atoms with van der Waals surface area (Å²) >= 11 is 0. The number of amides is 1. The fourth-order valence-corrected chi connectivity index (χ4v) is 2.58. The van der Waals surface area contributed by atoms with Crippen molar-refractivity contribution in [3.05, 3.63) is 29.8 Å². The van der Waals surface area contributed by atoms with Crippen LogP contribution >= 0.6 is 0 Å². The average molecular weight is 330 g/mol. The number of carbonyl (C=O) groups is 3. The van der Waals surface area contributed by atoms with Gasteiger partial charge in [-0.05, 0) is 37.8 Å². The van der Waals surface area contributed by atoms with Gasteiger partial charge in [0.2, 0.25) is 0 Å². The predicted molar refractivity (Wildman–Crippen MR) is 83.2 cm³/mol. The topological polar surface area (TPSA) is 105 Å². The van der Waals surface area contributed by atoms with Gasteiger partial charge in [-0.25, -0.2) is 4.79 Å². The summed E-state index contributed by atoms with van der Waals surface area (Å²) in [5, 5.41) is 11.8. The second kappa shape index (κ2) is 8.11. The molecular formula is C17H18N2O5. The highest BCUT2D eigenvalue weighted by Gasteiger charge is 2.35. The van der Waals surface area contributed by atoms with Crippen LogP contribution in [0.5, 0.6) is 5.75 Å². The van der Waals surface area contributed by atoms with Crippen molar-refractivity contribution >= 4 is 18.2 Å². The largest absolute Gasteiger partial charge is 0.481 e. The highest BCUT2D eigenvalue weighted by atomic mass is 16.6. The molecule has 0 radical (unpaired) electrons. The number of para-hydroxylation sites is 1. The van der Waals surface area contributed by atoms with Crippen LogP contribution in [-0.2, 0) is 14.3 Å². The molecule has 1 N–H and O–H groups in total. The Bertz CT molecular complexity index is 659. The Balaban J connectivity index is 1.76. The van der Waals surface area contributed by atoms with E-state index < -0.39 is 30.6 Å². The van der Waals surface area contributed by atoms with E-state index in [0.717, 1.165) is 12.8 Å². The van der Waals surface area contributed by atoms with E-state index in [2.05, 4.69) is 11.4 Å². The first-order chi connectivity index (χ1) is 11.6. The number of benzene rings is 1. The monoisotopic (exact) mass is 330 g/mol. The lowest BCUT2D eigenvalue weighted by molar-refractivity contribution is -0.150. The van der Waals surface area contributed by atoms with E-state index in [9.17, 15) is 19.6 Å². The number of nitriles is 1. The van der Waals surface area contributed by atoms with Crippen molar-refractivity contribution in [1.29, 1.82) is 5.26 Å². The molecule has 7 heteroatoms. The number of esters is 1. The summed E-state index contributed by atoms with van der Waals surface area (Å²) in [7, 11) is 0. The van der Waals surface area contributed by atoms with Gasteiger partial charge in [0.25, 0.3) is 5.91 Å². The molecule has 1 aromatic carbocycles. The zero-order valence-corrected chi connectivity index (χ0v) is 13.1. The number of ether oxygens (including phenoxy) is 2. The normalized spacial score (nSPS) is 15.1. The third kappa shape index (κ3) is 4.56. The number of carbonyl (C=O) groups excluding carboxylic acids is 3. The summed E-state index contributed by atoms with van der Waals surface area (Å²) in [5.74, 6) is -0.980. The maximum absolute atomic E-state index is 11.8. The SMILES string of the molecule is N#CC1(NC(=O)COC(=O)COc2ccccc2C=O)CCCC1. The quantitative estimate of drug-likeness (QED) is 0.598. The first-order valence-corrected chi connectivity index (χ1v) is 7.63. The molecular weight excluding hydrogens is 312 g/mol. The van der Waals surface area contributed by atoms with Crippen LogP contribution in [-0.4, -0.2) is 36.9 Å². The molecule has 1 fully saturated rings. The molecule has 1 aliphatic rings. The van der Waals surface area contributed by atoms with Crippen LogP contribution in [0.15, 0.2) is 24.3 Å². The molecule has 0 saturated heterocycles. The number of nitrogens with zero attached hydrogens (tertiary/aromatic N) is 1. The molecule has 0 spiro atoms. The van der Waals surface area contributed by atoms with Gasteiger partial charge in [-0.15, -0.1) is 0 Å². The van der Waals surface area contributed by atoms with Gasteiger partial charge in [-0.2, -0.15) is 5.26 Å². The van der Waals surface area contributed by atoms with Crippen LogP contribution in [0.4, 0.5) is 0 Å². The van der Waals surface area contributed by atoms with Crippen molar-refractivity contribution in [2.24, 2.45) is 0 Å². The molecule has 0 heterocycles. The van der Waals surface area contributed by atoms with Gasteiger partial charge in [0.15, 0.2) is 19.5 Å². The molecule has 0 atom stereocenters. The van der Waals surface area contributed by atoms with Crippen LogP contribution in [0.2, 0.25) is 0 Å². The summed E-state index contributed by atoms with van der Waals surface area (Å²) < 4.78 is 10.0. The first-order valence-electron chi connectivity index (χ1n) is 7.63. The van der Waals surface area contributed by atoms with Crippen LogP contribution in [0.1, 0.15) is 36.0 Å². The molecule has 2 rings (SSSR count). The van der Waals surface area contributed by atoms with Gasteiger partial charge >= 0.3 is 5.97 Å². The lowest BCUT2D eigenvalue weighted by Crippen LogP contribution is -2.46. The van der Waals surface area contributed by atoms with Crippen LogP contribution in [0.25, 0.3) is 0 Å². The van der Waals surface area contributed by atoms with Gasteiger partial charge in [-0.1, -0.05) is 12.1 Å². The van der Waals surface area contributed by atoms with Crippen molar-refractivity contribution in [3.8, 4) is 11.8 Å². The third-order valence-electron chi connectivity index (χ3n) is 3.81. The van der Waals surface area contributed by atoms with Crippen LogP contribution in [0.3, 0.4) is 0 Å². The van der Waals surface area contributed by atoms with Crippen LogP contribution in [0, 0.1) is 11.3 Å². The van der Waals surface area contributed by atoms with Crippen molar-refractivity contribution < 1.29 is 23.9 Å². The Labute approximate surface area is 139 Å². The van der Waals surface area contributed by atoms with Gasteiger partial charge in [0.1, 0.15) is 11.3 Å². The third-order valence-corrected chi connectivity index (χ3v) is 3.81. The van der Waals surface area contributed by atoms with Crippen molar-refractivity contribution in [3.63, 3.8) is 0 Å². The van der Waals surface area contributed by atoms with Gasteiger partial charge in [0.05, 0.1) is 11.6 Å². The summed E-state index contributed by atoms with van der Waals surface area (Å²) in [4.78, 5) is 34.3. The fourth-order valence-electron chi connectivity index (χ4n) is 2.58. The fraction of sp³-hybridized carbons (Fsp3) is 0.412. The average Bonchev–Trinajstić information content (AvgIpc) is 3.07. The van der Waals surface area contributed by atoms with Gasteiger partial charge < -0.3 is 14.8 Å². The van der Waals surface area contributed by atoms with E-state index in [4.69, 9.17) is 9.47 Å². The first kappa shape index (κ1) is 17.5. The van der Waals surface area contributed by atoms with Crippen molar-refractivity contribution in [1.82, 2.24) is 5.32 Å². The number of hydrogen-bond acceptors (Lipinski definition) is 6. The highest BCUT2D eigenvalue weighted by Crippen LogP contribution is 2.28. The van der Waals surface area contributed by atoms with Crippen LogP contribution < -0.4 is 10.1 Å². The number of nitrogens with one attached hydrogen (secondary N) is 1. The molecule has 7 nitrogen and oxygen atoms in total. The molecule has 0 aliphatic heterocycles. The van der Waals surface area contributed by atoms with E-state index in [-0.39, 0.29) is 5.75 Å². The Kier molecular flexibility index (Phi) is 5.90. The summed E-state index contributed by atoms with van der Waals surface area (Å²) in [6.07, 6.45) is 3.61. The molecule has 24 heavy (non-hydrogen) atoms. The van der Waals surface area contributed by atoms with E-state index in [1.807, 2.05) is 0 Å². The molecule has 126 valence electrons. The predicted octanol–water partition coefficient (Wildman–Crippen LogP) is 1.37. The van der Waals surface area contributed by atoms with E-state index in [0.29, 0.717) is 24.7 Å². The Morgan fingerprint density at radius 3 is 2.62 bits per heavy atom. The molecule has 0 unspecified atom stereocenters. The number of hydrogen-bond donors (Lipinski definition) is 1. The summed E-state index contributed by atoms with van der Waals surface area (Å²) in [6.45, 7) is -0.886. The molecule has 1 aliphatic carbocycles. The smallest absolute Gasteiger partial charge is 0.344 e. The zero-order chi connectivity index (χ0) is 17.4. The lowest BCUT2D eigenvalue weighted by atomic mass is 10.00. The molecule has 1 amide bonds. The Morgan fingerprint density at radius 1 is 1.25 bits per heavy atom. The van der Waals surface area contributed by atoms with Gasteiger partial charge in [-0.3, -0.25) is 9.59 Å². The van der Waals surface area contributed by atoms with Crippen molar-refractivity contribution in [2.45, 2.75) is 31.2 Å². The summed E-state index contributed by atoms with van der Waals surface area (Å²) in [5.41, 5.74) is -0.525. The molecule has 0 aromatic heterocycles. The second-order valence-corrected chi connectivity index (χ2v) is 5.55. The molecule has 0 bridgehead atoms. The lowest BCUT2D eigenvalue weighted by Gasteiger charge is -2.21. The Hall–Kier alpha value is -2.88. The van der Waals surface area contributed by atoms with E-state index in [1.54, 1.807) is 24.3 Å². The number of aldehydes is 1.